The van der Waals surface area contributed by atoms with E-state index in [0.717, 1.165) is 55.6 Å². The van der Waals surface area contributed by atoms with Crippen LogP contribution in [-0.4, -0.2) is 43.4 Å². The molecule has 1 aliphatic rings. The molecule has 1 heterocycles. The van der Waals surface area contributed by atoms with Crippen LogP contribution in [0.25, 0.3) is 11.1 Å². The highest BCUT2D eigenvalue weighted by atomic mass is 35.5. The van der Waals surface area contributed by atoms with Gasteiger partial charge in [-0.15, -0.1) is 12.4 Å². The van der Waals surface area contributed by atoms with Gasteiger partial charge in [-0.3, -0.25) is 10.2 Å². The number of esters is 1. The lowest BCUT2D eigenvalue weighted by atomic mass is 9.94. The maximum Gasteiger partial charge on any atom is 0.305 e. The van der Waals surface area contributed by atoms with E-state index < -0.39 is 0 Å². The van der Waals surface area contributed by atoms with Crippen LogP contribution < -0.4 is 5.73 Å². The molecule has 0 radical (unpaired) electrons. The lowest BCUT2D eigenvalue weighted by molar-refractivity contribution is -0.142. The molecule has 0 aromatic heterocycles. The largest absolute Gasteiger partial charge is 0.469 e. The third-order valence-electron chi connectivity index (χ3n) is 5.49. The fraction of sp³-hybridized carbons (Fsp3) is 0.391. The van der Waals surface area contributed by atoms with Gasteiger partial charge in [0.05, 0.1) is 7.11 Å². The first-order valence-electron chi connectivity index (χ1n) is 9.88. The van der Waals surface area contributed by atoms with Gasteiger partial charge in [-0.05, 0) is 48.4 Å². The van der Waals surface area contributed by atoms with Crippen LogP contribution >= 0.6 is 12.4 Å². The van der Waals surface area contributed by atoms with Crippen molar-refractivity contribution in [2.45, 2.75) is 25.7 Å². The second-order valence-corrected chi connectivity index (χ2v) is 7.53. The summed E-state index contributed by atoms with van der Waals surface area (Å²) >= 11 is 0. The molecule has 1 fully saturated rings. The van der Waals surface area contributed by atoms with Crippen molar-refractivity contribution in [2.75, 3.05) is 26.7 Å². The summed E-state index contributed by atoms with van der Waals surface area (Å²) in [4.78, 5) is 14.0. The van der Waals surface area contributed by atoms with E-state index in [0.29, 0.717) is 12.3 Å². The number of ether oxygens (including phenoxy) is 1. The van der Waals surface area contributed by atoms with Crippen molar-refractivity contribution in [3.63, 3.8) is 0 Å². The van der Waals surface area contributed by atoms with Crippen LogP contribution in [0.3, 0.4) is 0 Å². The fourth-order valence-corrected chi connectivity index (χ4v) is 3.83. The van der Waals surface area contributed by atoms with E-state index in [-0.39, 0.29) is 24.2 Å². The number of piperidine rings is 1. The average Bonchev–Trinajstić information content (AvgIpc) is 2.73. The lowest BCUT2D eigenvalue weighted by Crippen LogP contribution is -2.37. The summed E-state index contributed by atoms with van der Waals surface area (Å²) < 4.78 is 4.81. The Kier molecular flexibility index (Phi) is 8.68. The van der Waals surface area contributed by atoms with Crippen molar-refractivity contribution in [3.05, 3.63) is 59.7 Å². The normalized spacial score (nSPS) is 16.7. The molecule has 0 amide bonds. The monoisotopic (exact) mass is 415 g/mol. The van der Waals surface area contributed by atoms with Crippen molar-refractivity contribution in [2.24, 2.45) is 11.7 Å². The van der Waals surface area contributed by atoms with Crippen LogP contribution in [0.1, 0.15) is 30.4 Å². The van der Waals surface area contributed by atoms with Crippen LogP contribution in [0.15, 0.2) is 48.5 Å². The summed E-state index contributed by atoms with van der Waals surface area (Å²) in [5.41, 5.74) is 9.86. The highest BCUT2D eigenvalue weighted by molar-refractivity contribution is 5.95. The van der Waals surface area contributed by atoms with E-state index in [2.05, 4.69) is 29.2 Å². The third-order valence-corrected chi connectivity index (χ3v) is 5.49. The summed E-state index contributed by atoms with van der Waals surface area (Å²) in [7, 11) is 1.46. The number of halogens is 1. The molecule has 6 heteroatoms. The number of likely N-dealkylation sites (tertiary alicyclic amines) is 1. The SMILES string of the molecule is COC(=O)CC1CCCN(CCc2ccc(-c3ccc(C(=N)N)cc3)cc2)C1.Cl. The molecule has 1 unspecified atom stereocenters. The Labute approximate surface area is 179 Å². The molecule has 0 bridgehead atoms. The van der Waals surface area contributed by atoms with Crippen LogP contribution in [0, 0.1) is 11.3 Å². The van der Waals surface area contributed by atoms with Crippen LogP contribution in [0.5, 0.6) is 0 Å². The fourth-order valence-electron chi connectivity index (χ4n) is 3.83. The highest BCUT2D eigenvalue weighted by Gasteiger charge is 2.22. The Bertz CT molecular complexity index is 806. The summed E-state index contributed by atoms with van der Waals surface area (Å²) in [5.74, 6) is 0.411. The first kappa shape index (κ1) is 22.9. The molecule has 2 aromatic rings. The van der Waals surface area contributed by atoms with Crippen LogP contribution in [-0.2, 0) is 16.0 Å². The van der Waals surface area contributed by atoms with Gasteiger partial charge in [0.25, 0.3) is 0 Å². The van der Waals surface area contributed by atoms with Crippen molar-refractivity contribution >= 4 is 24.2 Å². The van der Waals surface area contributed by atoms with Gasteiger partial charge in [-0.2, -0.15) is 0 Å². The van der Waals surface area contributed by atoms with Crippen molar-refractivity contribution in [1.82, 2.24) is 4.90 Å². The first-order chi connectivity index (χ1) is 13.5. The Morgan fingerprint density at radius 3 is 2.34 bits per heavy atom. The Hall–Kier alpha value is -2.37. The molecule has 0 spiro atoms. The summed E-state index contributed by atoms with van der Waals surface area (Å²) in [6.45, 7) is 3.11. The summed E-state index contributed by atoms with van der Waals surface area (Å²) in [6.07, 6.45) is 3.80. The maximum absolute atomic E-state index is 11.5. The second-order valence-electron chi connectivity index (χ2n) is 7.53. The molecular formula is C23H30ClN3O2. The van der Waals surface area contributed by atoms with Gasteiger partial charge in [0, 0.05) is 25.1 Å². The van der Waals surface area contributed by atoms with Crippen molar-refractivity contribution < 1.29 is 9.53 Å². The zero-order chi connectivity index (χ0) is 19.9. The van der Waals surface area contributed by atoms with Crippen molar-refractivity contribution in [3.8, 4) is 11.1 Å². The molecule has 0 aliphatic carbocycles. The van der Waals surface area contributed by atoms with E-state index in [1.54, 1.807) is 0 Å². The molecule has 1 saturated heterocycles. The number of carbonyl (C=O) groups is 1. The van der Waals surface area contributed by atoms with E-state index in [1.165, 1.54) is 12.7 Å². The minimum Gasteiger partial charge on any atom is -0.469 e. The molecule has 0 saturated carbocycles. The number of nitrogens with one attached hydrogen (secondary N) is 1. The molecule has 29 heavy (non-hydrogen) atoms. The standard InChI is InChI=1S/C23H29N3O2.ClH/c1-28-22(27)15-18-3-2-13-26(16-18)14-12-17-4-6-19(7-5-17)20-8-10-21(11-9-20)23(24)25;/h4-11,18H,2-3,12-16H2,1H3,(H3,24,25);1H. The van der Waals surface area contributed by atoms with Crippen LogP contribution in [0.2, 0.25) is 0 Å². The topological polar surface area (TPSA) is 79.4 Å². The predicted molar refractivity (Wildman–Crippen MR) is 120 cm³/mol. The number of hydrogen-bond acceptors (Lipinski definition) is 4. The van der Waals surface area contributed by atoms with Gasteiger partial charge in [0.1, 0.15) is 5.84 Å². The quantitative estimate of drug-likeness (QED) is 0.408. The van der Waals surface area contributed by atoms with Crippen molar-refractivity contribution in [1.29, 1.82) is 5.41 Å². The average molecular weight is 416 g/mol. The van der Waals surface area contributed by atoms with Gasteiger partial charge in [-0.1, -0.05) is 48.5 Å². The Morgan fingerprint density at radius 2 is 1.76 bits per heavy atom. The van der Waals surface area contributed by atoms with Gasteiger partial charge in [-0.25, -0.2) is 0 Å². The van der Waals surface area contributed by atoms with Crippen LogP contribution in [0.4, 0.5) is 0 Å². The molecule has 3 rings (SSSR count). The minimum absolute atomic E-state index is 0. The van der Waals surface area contributed by atoms with E-state index in [4.69, 9.17) is 15.9 Å². The summed E-state index contributed by atoms with van der Waals surface area (Å²) in [6, 6.07) is 16.4. The Morgan fingerprint density at radius 1 is 1.14 bits per heavy atom. The van der Waals surface area contributed by atoms with E-state index >= 15 is 0 Å². The maximum atomic E-state index is 11.5. The van der Waals surface area contributed by atoms with Gasteiger partial charge in [0.15, 0.2) is 0 Å². The van der Waals surface area contributed by atoms with Gasteiger partial charge >= 0.3 is 5.97 Å². The molecule has 5 nitrogen and oxygen atoms in total. The third kappa shape index (κ3) is 6.58. The first-order valence-corrected chi connectivity index (χ1v) is 9.88. The summed E-state index contributed by atoms with van der Waals surface area (Å²) in [5, 5.41) is 7.48. The van der Waals surface area contributed by atoms with E-state index in [1.807, 2.05) is 24.3 Å². The molecule has 1 aliphatic heterocycles. The smallest absolute Gasteiger partial charge is 0.305 e. The highest BCUT2D eigenvalue weighted by Crippen LogP contribution is 2.22. The number of nitrogens with two attached hydrogens (primary N) is 1. The molecule has 3 N–H and O–H groups in total. The van der Waals surface area contributed by atoms with Gasteiger partial charge < -0.3 is 15.4 Å². The second kappa shape index (κ2) is 11.0. The molecule has 1 atom stereocenters. The zero-order valence-corrected chi connectivity index (χ0v) is 17.7. The van der Waals surface area contributed by atoms with Gasteiger partial charge in [0.2, 0.25) is 0 Å². The molecule has 156 valence electrons. The number of amidine groups is 1. The molecule has 2 aromatic carbocycles. The number of benzene rings is 2. The number of carbonyl (C=O) groups excluding carboxylic acids is 1. The van der Waals surface area contributed by atoms with E-state index in [9.17, 15) is 4.79 Å². The lowest BCUT2D eigenvalue weighted by Gasteiger charge is -2.32. The number of methoxy groups -OCH3 is 1. The Balaban J connectivity index is 0.00000300. The number of rotatable bonds is 7. The number of hydrogen-bond donors (Lipinski definition) is 2. The molecular weight excluding hydrogens is 386 g/mol. The zero-order valence-electron chi connectivity index (χ0n) is 16.9. The number of nitrogens with zero attached hydrogens (tertiary/aromatic N) is 1. The predicted octanol–water partition coefficient (Wildman–Crippen LogP) is 3.88. The minimum atomic E-state index is -0.0984. The number of nitrogen functional groups attached to an aromatic ring is 1.